The van der Waals surface area contributed by atoms with Gasteiger partial charge < -0.3 is 10.6 Å². The summed E-state index contributed by atoms with van der Waals surface area (Å²) >= 11 is 0. The van der Waals surface area contributed by atoms with Gasteiger partial charge in [0, 0.05) is 17.8 Å². The quantitative estimate of drug-likeness (QED) is 0.815. The summed E-state index contributed by atoms with van der Waals surface area (Å²) in [7, 11) is 2.07. The fourth-order valence-corrected chi connectivity index (χ4v) is 2.48. The molecule has 16 heavy (non-hydrogen) atoms. The van der Waals surface area contributed by atoms with Gasteiger partial charge in [-0.25, -0.2) is 0 Å². The van der Waals surface area contributed by atoms with Crippen LogP contribution < -0.4 is 10.6 Å². The summed E-state index contributed by atoms with van der Waals surface area (Å²) in [5, 5.41) is 7.04. The average molecular weight is 218 g/mol. The normalized spacial score (nSPS) is 25.4. The van der Waals surface area contributed by atoms with Gasteiger partial charge in [-0.1, -0.05) is 18.2 Å². The summed E-state index contributed by atoms with van der Waals surface area (Å²) in [5.41, 5.74) is 2.65. The van der Waals surface area contributed by atoms with E-state index < -0.39 is 0 Å². The third-order valence-corrected chi connectivity index (χ3v) is 3.64. The van der Waals surface area contributed by atoms with Crippen LogP contribution in [0, 0.1) is 6.92 Å². The molecule has 0 saturated heterocycles. The molecule has 1 aliphatic rings. The molecule has 1 aliphatic carbocycles. The Morgan fingerprint density at radius 1 is 1.00 bits per heavy atom. The van der Waals surface area contributed by atoms with Gasteiger partial charge in [-0.2, -0.15) is 0 Å². The topological polar surface area (TPSA) is 24.1 Å². The van der Waals surface area contributed by atoms with Crippen LogP contribution in [0.3, 0.4) is 0 Å². The molecule has 1 fully saturated rings. The highest BCUT2D eigenvalue weighted by atomic mass is 14.9. The Labute approximate surface area is 98.4 Å². The van der Waals surface area contributed by atoms with Gasteiger partial charge in [0.1, 0.15) is 0 Å². The highest BCUT2D eigenvalue weighted by Crippen LogP contribution is 2.23. The number of para-hydroxylation sites is 1. The molecule has 2 nitrogen and oxygen atoms in total. The van der Waals surface area contributed by atoms with Crippen molar-refractivity contribution in [3.8, 4) is 0 Å². The Morgan fingerprint density at radius 2 is 1.62 bits per heavy atom. The molecular formula is C14H22N2. The van der Waals surface area contributed by atoms with Crippen LogP contribution >= 0.6 is 0 Å². The largest absolute Gasteiger partial charge is 0.382 e. The molecule has 0 spiro atoms. The van der Waals surface area contributed by atoms with E-state index in [1.165, 1.54) is 36.9 Å². The van der Waals surface area contributed by atoms with E-state index in [4.69, 9.17) is 0 Å². The van der Waals surface area contributed by atoms with Gasteiger partial charge >= 0.3 is 0 Å². The first-order chi connectivity index (χ1) is 7.79. The van der Waals surface area contributed by atoms with Crippen LogP contribution in [0.15, 0.2) is 24.3 Å². The van der Waals surface area contributed by atoms with Crippen LogP contribution in [0.25, 0.3) is 0 Å². The van der Waals surface area contributed by atoms with Crippen molar-refractivity contribution < 1.29 is 0 Å². The molecule has 0 atom stereocenters. The van der Waals surface area contributed by atoms with E-state index in [1.807, 2.05) is 0 Å². The molecule has 2 N–H and O–H groups in total. The molecule has 2 rings (SSSR count). The highest BCUT2D eigenvalue weighted by molar-refractivity contribution is 5.50. The molecule has 0 amide bonds. The molecule has 2 heteroatoms. The van der Waals surface area contributed by atoms with Gasteiger partial charge in [0.15, 0.2) is 0 Å². The van der Waals surface area contributed by atoms with E-state index in [0.717, 1.165) is 6.04 Å². The number of hydrogen-bond donors (Lipinski definition) is 2. The van der Waals surface area contributed by atoms with Crippen molar-refractivity contribution in [2.45, 2.75) is 44.7 Å². The third kappa shape index (κ3) is 2.76. The van der Waals surface area contributed by atoms with E-state index >= 15 is 0 Å². The van der Waals surface area contributed by atoms with E-state index in [2.05, 4.69) is 48.9 Å². The fraction of sp³-hybridized carbons (Fsp3) is 0.571. The third-order valence-electron chi connectivity index (χ3n) is 3.64. The molecule has 88 valence electrons. The van der Waals surface area contributed by atoms with Crippen molar-refractivity contribution >= 4 is 5.69 Å². The van der Waals surface area contributed by atoms with Crippen LogP contribution in [-0.2, 0) is 0 Å². The van der Waals surface area contributed by atoms with Gasteiger partial charge in [0.05, 0.1) is 0 Å². The summed E-state index contributed by atoms with van der Waals surface area (Å²) < 4.78 is 0. The predicted molar refractivity (Wildman–Crippen MR) is 69.9 cm³/mol. The minimum Gasteiger partial charge on any atom is -0.382 e. The maximum atomic E-state index is 3.67. The first-order valence-corrected chi connectivity index (χ1v) is 6.29. The van der Waals surface area contributed by atoms with Crippen LogP contribution in [0.5, 0.6) is 0 Å². The van der Waals surface area contributed by atoms with Gasteiger partial charge in [0.2, 0.25) is 0 Å². The molecule has 0 aromatic heterocycles. The molecule has 0 heterocycles. The van der Waals surface area contributed by atoms with E-state index in [1.54, 1.807) is 0 Å². The Kier molecular flexibility index (Phi) is 3.83. The molecule has 1 aromatic carbocycles. The summed E-state index contributed by atoms with van der Waals surface area (Å²) in [6.45, 7) is 2.17. The zero-order valence-electron chi connectivity index (χ0n) is 10.3. The standard InChI is InChI=1S/C14H22N2/c1-11-5-3-4-6-14(11)16-13-9-7-12(15-2)8-10-13/h3-6,12-13,15-16H,7-10H2,1-2H3. The van der Waals surface area contributed by atoms with E-state index in [-0.39, 0.29) is 0 Å². The smallest absolute Gasteiger partial charge is 0.0372 e. The van der Waals surface area contributed by atoms with Gasteiger partial charge in [-0.05, 0) is 51.3 Å². The van der Waals surface area contributed by atoms with E-state index in [0.29, 0.717) is 6.04 Å². The highest BCUT2D eigenvalue weighted by Gasteiger charge is 2.19. The molecule has 1 aromatic rings. The lowest BCUT2D eigenvalue weighted by atomic mass is 9.91. The second-order valence-electron chi connectivity index (χ2n) is 4.80. The molecule has 0 aliphatic heterocycles. The summed E-state index contributed by atoms with van der Waals surface area (Å²) in [6.07, 6.45) is 5.14. The maximum Gasteiger partial charge on any atom is 0.0372 e. The number of nitrogens with one attached hydrogen (secondary N) is 2. The lowest BCUT2D eigenvalue weighted by Crippen LogP contribution is -2.35. The Bertz CT molecular complexity index is 327. The van der Waals surface area contributed by atoms with Crippen LogP contribution in [-0.4, -0.2) is 19.1 Å². The van der Waals surface area contributed by atoms with Crippen LogP contribution in [0.1, 0.15) is 31.2 Å². The number of aryl methyl sites for hydroxylation is 1. The minimum atomic E-state index is 0.658. The first-order valence-electron chi connectivity index (χ1n) is 6.29. The monoisotopic (exact) mass is 218 g/mol. The SMILES string of the molecule is CNC1CCC(Nc2ccccc2C)CC1. The number of hydrogen-bond acceptors (Lipinski definition) is 2. The Balaban J connectivity index is 1.89. The van der Waals surface area contributed by atoms with Crippen LogP contribution in [0.4, 0.5) is 5.69 Å². The Morgan fingerprint density at radius 3 is 2.25 bits per heavy atom. The maximum absolute atomic E-state index is 3.67. The number of anilines is 1. The first kappa shape index (κ1) is 11.5. The van der Waals surface area contributed by atoms with Crippen molar-refractivity contribution in [3.63, 3.8) is 0 Å². The lowest BCUT2D eigenvalue weighted by molar-refractivity contribution is 0.371. The second-order valence-corrected chi connectivity index (χ2v) is 4.80. The van der Waals surface area contributed by atoms with E-state index in [9.17, 15) is 0 Å². The zero-order chi connectivity index (χ0) is 11.4. The van der Waals surface area contributed by atoms with Crippen molar-refractivity contribution in [2.75, 3.05) is 12.4 Å². The molecular weight excluding hydrogens is 196 g/mol. The van der Waals surface area contributed by atoms with Crippen molar-refractivity contribution in [1.82, 2.24) is 5.32 Å². The fourth-order valence-electron chi connectivity index (χ4n) is 2.48. The molecule has 0 radical (unpaired) electrons. The molecule has 0 unspecified atom stereocenters. The number of benzene rings is 1. The number of rotatable bonds is 3. The molecule has 0 bridgehead atoms. The predicted octanol–water partition coefficient (Wildman–Crippen LogP) is 2.94. The average Bonchev–Trinajstić information content (AvgIpc) is 2.33. The summed E-state index contributed by atoms with van der Waals surface area (Å²) in [5.74, 6) is 0. The van der Waals surface area contributed by atoms with Crippen molar-refractivity contribution in [3.05, 3.63) is 29.8 Å². The summed E-state index contributed by atoms with van der Waals surface area (Å²) in [4.78, 5) is 0. The zero-order valence-corrected chi connectivity index (χ0v) is 10.3. The molecule has 1 saturated carbocycles. The van der Waals surface area contributed by atoms with Crippen molar-refractivity contribution in [2.24, 2.45) is 0 Å². The van der Waals surface area contributed by atoms with Crippen LogP contribution in [0.2, 0.25) is 0 Å². The lowest BCUT2D eigenvalue weighted by Gasteiger charge is -2.30. The Hall–Kier alpha value is -1.02. The summed E-state index contributed by atoms with van der Waals surface area (Å²) in [6, 6.07) is 9.94. The van der Waals surface area contributed by atoms with Gasteiger partial charge in [0.25, 0.3) is 0 Å². The van der Waals surface area contributed by atoms with Gasteiger partial charge in [-0.15, -0.1) is 0 Å². The minimum absolute atomic E-state index is 0.658. The van der Waals surface area contributed by atoms with Gasteiger partial charge in [-0.3, -0.25) is 0 Å². The van der Waals surface area contributed by atoms with Crippen molar-refractivity contribution in [1.29, 1.82) is 0 Å². The second kappa shape index (κ2) is 5.35.